The van der Waals surface area contributed by atoms with Crippen LogP contribution in [0.3, 0.4) is 0 Å². The van der Waals surface area contributed by atoms with Gasteiger partial charge < -0.3 is 20.6 Å². The fourth-order valence-corrected chi connectivity index (χ4v) is 5.85. The fourth-order valence-electron chi connectivity index (χ4n) is 4.54. The SMILES string of the molecule is CCOC(=O)/C(NN)=C(/N)SC1CC2CC(c3ccc(OC(F)(F)F)cc3)CC2C1. The summed E-state index contributed by atoms with van der Waals surface area (Å²) in [6, 6.07) is 6.19. The molecule has 0 aliphatic heterocycles. The molecule has 2 aliphatic carbocycles. The molecule has 2 saturated carbocycles. The maximum Gasteiger partial charge on any atom is 0.573 e. The van der Waals surface area contributed by atoms with Crippen molar-refractivity contribution in [1.82, 2.24) is 5.43 Å². The van der Waals surface area contributed by atoms with E-state index in [2.05, 4.69) is 10.2 Å². The molecule has 2 fully saturated rings. The molecule has 1 aromatic rings. The number of nitrogens with two attached hydrogens (primary N) is 2. The zero-order valence-electron chi connectivity index (χ0n) is 16.6. The van der Waals surface area contributed by atoms with Gasteiger partial charge in [-0.15, -0.1) is 24.9 Å². The predicted molar refractivity (Wildman–Crippen MR) is 108 cm³/mol. The standard InChI is InChI=1S/C20H26F3N3O3S/c1-2-28-19(27)17(26-25)18(24)30-16-9-13-7-12(8-14(13)10-16)11-3-5-15(6-4-11)29-20(21,22)23/h3-6,12-14,16,26H,2,7-10,24-25H2,1H3/b18-17+. The van der Waals surface area contributed by atoms with Crippen LogP contribution in [0.5, 0.6) is 5.75 Å². The first-order valence-corrected chi connectivity index (χ1v) is 10.7. The Morgan fingerprint density at radius 3 is 2.27 bits per heavy atom. The van der Waals surface area contributed by atoms with Crippen LogP contribution in [-0.2, 0) is 9.53 Å². The summed E-state index contributed by atoms with van der Waals surface area (Å²) < 4.78 is 45.8. The molecule has 2 unspecified atom stereocenters. The highest BCUT2D eigenvalue weighted by molar-refractivity contribution is 8.03. The summed E-state index contributed by atoms with van der Waals surface area (Å²) in [5.74, 6) is 6.05. The van der Waals surface area contributed by atoms with E-state index in [1.807, 2.05) is 0 Å². The van der Waals surface area contributed by atoms with Gasteiger partial charge in [0.25, 0.3) is 0 Å². The van der Waals surface area contributed by atoms with Crippen LogP contribution in [0.25, 0.3) is 0 Å². The lowest BCUT2D eigenvalue weighted by atomic mass is 9.94. The summed E-state index contributed by atoms with van der Waals surface area (Å²) in [6.07, 6.45) is -0.748. The molecule has 0 spiro atoms. The van der Waals surface area contributed by atoms with Crippen molar-refractivity contribution in [3.8, 4) is 5.75 Å². The smallest absolute Gasteiger partial charge is 0.461 e. The second kappa shape index (κ2) is 9.38. The van der Waals surface area contributed by atoms with Crippen molar-refractivity contribution in [2.24, 2.45) is 23.4 Å². The zero-order chi connectivity index (χ0) is 21.9. The first-order valence-electron chi connectivity index (χ1n) is 9.86. The van der Waals surface area contributed by atoms with Crippen LogP contribution >= 0.6 is 11.8 Å². The molecule has 2 atom stereocenters. The molecule has 0 bridgehead atoms. The minimum absolute atomic E-state index is 0.0814. The third-order valence-electron chi connectivity index (χ3n) is 5.72. The number of fused-ring (bicyclic) bond motifs is 1. The van der Waals surface area contributed by atoms with Crippen LogP contribution in [0.2, 0.25) is 0 Å². The van der Waals surface area contributed by atoms with Crippen molar-refractivity contribution in [3.63, 3.8) is 0 Å². The van der Waals surface area contributed by atoms with Gasteiger partial charge in [-0.2, -0.15) is 0 Å². The highest BCUT2D eigenvalue weighted by Gasteiger charge is 2.42. The summed E-state index contributed by atoms with van der Waals surface area (Å²) in [4.78, 5) is 11.9. The molecule has 5 N–H and O–H groups in total. The molecule has 1 aromatic carbocycles. The highest BCUT2D eigenvalue weighted by Crippen LogP contribution is 2.53. The second-order valence-electron chi connectivity index (χ2n) is 7.62. The number of hydrazine groups is 1. The molecule has 0 radical (unpaired) electrons. The van der Waals surface area contributed by atoms with E-state index in [-0.39, 0.29) is 18.1 Å². The van der Waals surface area contributed by atoms with Crippen LogP contribution in [-0.4, -0.2) is 24.2 Å². The van der Waals surface area contributed by atoms with Gasteiger partial charge in [-0.3, -0.25) is 5.84 Å². The number of carbonyl (C=O) groups is 1. The van der Waals surface area contributed by atoms with Gasteiger partial charge in [-0.25, -0.2) is 4.79 Å². The molecular weight excluding hydrogens is 419 g/mol. The van der Waals surface area contributed by atoms with E-state index in [0.29, 0.717) is 28.0 Å². The van der Waals surface area contributed by atoms with Gasteiger partial charge >= 0.3 is 12.3 Å². The number of hydrogen-bond acceptors (Lipinski definition) is 7. The average molecular weight is 446 g/mol. The number of alkyl halides is 3. The zero-order valence-corrected chi connectivity index (χ0v) is 17.4. The Kier molecular flexibility index (Phi) is 7.07. The number of ether oxygens (including phenoxy) is 2. The van der Waals surface area contributed by atoms with E-state index >= 15 is 0 Å². The molecule has 0 saturated heterocycles. The van der Waals surface area contributed by atoms with Crippen molar-refractivity contribution in [1.29, 1.82) is 0 Å². The molecule has 0 heterocycles. The molecule has 30 heavy (non-hydrogen) atoms. The van der Waals surface area contributed by atoms with Crippen LogP contribution < -0.4 is 21.7 Å². The highest BCUT2D eigenvalue weighted by atomic mass is 32.2. The lowest BCUT2D eigenvalue weighted by Crippen LogP contribution is -2.31. The Labute approximate surface area is 177 Å². The summed E-state index contributed by atoms with van der Waals surface area (Å²) >= 11 is 1.45. The third kappa shape index (κ3) is 5.54. The van der Waals surface area contributed by atoms with E-state index in [0.717, 1.165) is 31.2 Å². The number of hydrogen-bond donors (Lipinski definition) is 3. The van der Waals surface area contributed by atoms with E-state index in [1.54, 1.807) is 19.1 Å². The largest absolute Gasteiger partial charge is 0.573 e. The Hall–Kier alpha value is -2.07. The number of carbonyl (C=O) groups excluding carboxylic acids is 1. The lowest BCUT2D eigenvalue weighted by molar-refractivity contribution is -0.274. The van der Waals surface area contributed by atoms with Gasteiger partial charge in [0.1, 0.15) is 5.75 Å². The summed E-state index contributed by atoms with van der Waals surface area (Å²) in [5.41, 5.74) is 9.53. The molecule has 10 heteroatoms. The predicted octanol–water partition coefficient (Wildman–Crippen LogP) is 3.74. The molecule has 166 valence electrons. The minimum Gasteiger partial charge on any atom is -0.461 e. The van der Waals surface area contributed by atoms with Crippen molar-refractivity contribution in [3.05, 3.63) is 40.6 Å². The van der Waals surface area contributed by atoms with Crippen molar-refractivity contribution in [2.75, 3.05) is 6.61 Å². The third-order valence-corrected chi connectivity index (χ3v) is 6.90. The van der Waals surface area contributed by atoms with Crippen LogP contribution in [0.15, 0.2) is 35.0 Å². The topological polar surface area (TPSA) is 99.6 Å². The number of benzene rings is 1. The van der Waals surface area contributed by atoms with Gasteiger partial charge in [-0.1, -0.05) is 12.1 Å². The summed E-state index contributed by atoms with van der Waals surface area (Å²) in [6.45, 7) is 1.95. The average Bonchev–Trinajstić information content (AvgIpc) is 3.20. The molecular formula is C20H26F3N3O3S. The van der Waals surface area contributed by atoms with E-state index in [9.17, 15) is 18.0 Å². The normalized spacial score (nSPS) is 26.7. The maximum absolute atomic E-state index is 12.3. The number of halogens is 3. The van der Waals surface area contributed by atoms with Gasteiger partial charge in [0.15, 0.2) is 5.70 Å². The molecule has 0 amide bonds. The fraction of sp³-hybridized carbons (Fsp3) is 0.550. The molecule has 2 aliphatic rings. The molecule has 6 nitrogen and oxygen atoms in total. The molecule has 0 aromatic heterocycles. The van der Waals surface area contributed by atoms with Gasteiger partial charge in [0.2, 0.25) is 0 Å². The van der Waals surface area contributed by atoms with Crippen molar-refractivity contribution >= 4 is 17.7 Å². The van der Waals surface area contributed by atoms with E-state index in [4.69, 9.17) is 16.3 Å². The maximum atomic E-state index is 12.3. The first kappa shape index (κ1) is 22.6. The Balaban J connectivity index is 1.55. The van der Waals surface area contributed by atoms with Crippen LogP contribution in [0, 0.1) is 11.8 Å². The van der Waals surface area contributed by atoms with Gasteiger partial charge in [0, 0.05) is 5.25 Å². The van der Waals surface area contributed by atoms with Crippen LogP contribution in [0.4, 0.5) is 13.2 Å². The lowest BCUT2D eigenvalue weighted by Gasteiger charge is -2.17. The van der Waals surface area contributed by atoms with E-state index in [1.165, 1.54) is 23.9 Å². The Morgan fingerprint density at radius 2 is 1.77 bits per heavy atom. The Bertz CT molecular complexity index is 772. The van der Waals surface area contributed by atoms with Gasteiger partial charge in [0.05, 0.1) is 11.6 Å². The molecule has 3 rings (SSSR count). The minimum atomic E-state index is -4.68. The van der Waals surface area contributed by atoms with E-state index < -0.39 is 12.3 Å². The van der Waals surface area contributed by atoms with Crippen molar-refractivity contribution in [2.45, 2.75) is 50.1 Å². The Morgan fingerprint density at radius 1 is 1.17 bits per heavy atom. The quantitative estimate of drug-likeness (QED) is 0.254. The first-order chi connectivity index (χ1) is 14.2. The van der Waals surface area contributed by atoms with Crippen LogP contribution in [0.1, 0.15) is 44.1 Å². The number of esters is 1. The number of nitrogens with one attached hydrogen (secondary N) is 1. The summed E-state index contributed by atoms with van der Waals surface area (Å²) in [7, 11) is 0. The monoisotopic (exact) mass is 445 g/mol. The second-order valence-corrected chi connectivity index (χ2v) is 8.96. The van der Waals surface area contributed by atoms with Crippen molar-refractivity contribution < 1.29 is 27.4 Å². The number of rotatable bonds is 7. The summed E-state index contributed by atoms with van der Waals surface area (Å²) in [5, 5.41) is 0.624. The number of thioether (sulfide) groups is 1. The van der Waals surface area contributed by atoms with Gasteiger partial charge in [-0.05, 0) is 68.1 Å².